The van der Waals surface area contributed by atoms with Crippen molar-refractivity contribution in [3.8, 4) is 0 Å². The molecular formula is C13H15FO3. The monoisotopic (exact) mass is 238 g/mol. The van der Waals surface area contributed by atoms with Gasteiger partial charge in [-0.2, -0.15) is 0 Å². The summed E-state index contributed by atoms with van der Waals surface area (Å²) in [7, 11) is 1.20. The third kappa shape index (κ3) is 2.71. The Labute approximate surface area is 99.5 Å². The fourth-order valence-electron chi connectivity index (χ4n) is 1.67. The Morgan fingerprint density at radius 2 is 1.94 bits per heavy atom. The summed E-state index contributed by atoms with van der Waals surface area (Å²) in [6, 6.07) is 5.54. The molecule has 1 rings (SSSR count). The van der Waals surface area contributed by atoms with Crippen LogP contribution in [0, 0.1) is 5.82 Å². The van der Waals surface area contributed by atoms with Crippen LogP contribution in [0.15, 0.2) is 30.3 Å². The number of carbonyl (C=O) groups excluding carboxylic acids is 1. The number of aliphatic hydroxyl groups is 1. The number of hydrogen-bond acceptors (Lipinski definition) is 3. The highest BCUT2D eigenvalue weighted by Crippen LogP contribution is 2.28. The fourth-order valence-corrected chi connectivity index (χ4v) is 1.67. The number of esters is 1. The van der Waals surface area contributed by atoms with E-state index in [4.69, 9.17) is 0 Å². The zero-order chi connectivity index (χ0) is 13.1. The lowest BCUT2D eigenvalue weighted by Gasteiger charge is -2.24. The van der Waals surface area contributed by atoms with Crippen LogP contribution in [0.2, 0.25) is 0 Å². The van der Waals surface area contributed by atoms with Gasteiger partial charge in [0, 0.05) is 0 Å². The average Bonchev–Trinajstić information content (AvgIpc) is 2.31. The van der Waals surface area contributed by atoms with Gasteiger partial charge in [-0.15, -0.1) is 0 Å². The van der Waals surface area contributed by atoms with Crippen LogP contribution in [0.1, 0.15) is 19.4 Å². The summed E-state index contributed by atoms with van der Waals surface area (Å²) in [4.78, 5) is 11.5. The first-order valence-corrected chi connectivity index (χ1v) is 5.17. The summed E-state index contributed by atoms with van der Waals surface area (Å²) >= 11 is 0. The lowest BCUT2D eigenvalue weighted by molar-refractivity contribution is -0.154. The van der Waals surface area contributed by atoms with Crippen molar-refractivity contribution < 1.29 is 19.0 Å². The van der Waals surface area contributed by atoms with Crippen LogP contribution < -0.4 is 0 Å². The minimum absolute atomic E-state index is 0.373. The highest BCUT2D eigenvalue weighted by molar-refractivity contribution is 5.95. The molecule has 0 saturated carbocycles. The van der Waals surface area contributed by atoms with Gasteiger partial charge in [-0.3, -0.25) is 0 Å². The topological polar surface area (TPSA) is 46.5 Å². The third-order valence-electron chi connectivity index (χ3n) is 2.55. The molecule has 0 heterocycles. The van der Waals surface area contributed by atoms with Crippen molar-refractivity contribution in [2.75, 3.05) is 7.11 Å². The van der Waals surface area contributed by atoms with E-state index in [2.05, 4.69) is 4.74 Å². The van der Waals surface area contributed by atoms with Crippen LogP contribution >= 0.6 is 0 Å². The van der Waals surface area contributed by atoms with Crippen molar-refractivity contribution in [2.45, 2.75) is 19.4 Å². The highest BCUT2D eigenvalue weighted by atomic mass is 19.1. The Morgan fingerprint density at radius 3 is 2.35 bits per heavy atom. The van der Waals surface area contributed by atoms with Crippen molar-refractivity contribution in [2.24, 2.45) is 0 Å². The van der Waals surface area contributed by atoms with Gasteiger partial charge in [-0.05, 0) is 37.1 Å². The molecule has 0 fully saturated rings. The van der Waals surface area contributed by atoms with Gasteiger partial charge >= 0.3 is 5.97 Å². The molecule has 3 nitrogen and oxygen atoms in total. The van der Waals surface area contributed by atoms with E-state index < -0.39 is 11.6 Å². The van der Waals surface area contributed by atoms with Gasteiger partial charge in [0.2, 0.25) is 0 Å². The largest absolute Gasteiger partial charge is 0.467 e. The number of ether oxygens (including phenoxy) is 1. The van der Waals surface area contributed by atoms with Gasteiger partial charge in [-0.1, -0.05) is 18.2 Å². The van der Waals surface area contributed by atoms with Crippen molar-refractivity contribution in [3.63, 3.8) is 0 Å². The number of carbonyl (C=O) groups is 1. The lowest BCUT2D eigenvalue weighted by Crippen LogP contribution is -2.37. The maximum absolute atomic E-state index is 12.8. The first kappa shape index (κ1) is 13.4. The first-order chi connectivity index (χ1) is 7.93. The fraction of sp³-hybridized carbons (Fsp3) is 0.308. The second-order valence-electron chi connectivity index (χ2n) is 3.77. The van der Waals surface area contributed by atoms with E-state index in [9.17, 15) is 14.3 Å². The molecule has 0 saturated heterocycles. The zero-order valence-electron chi connectivity index (χ0n) is 10.0. The van der Waals surface area contributed by atoms with Gasteiger partial charge in [0.1, 0.15) is 5.82 Å². The van der Waals surface area contributed by atoms with E-state index in [-0.39, 0.29) is 5.82 Å². The van der Waals surface area contributed by atoms with Gasteiger partial charge in [0.05, 0.1) is 7.11 Å². The molecule has 0 aliphatic rings. The Hall–Kier alpha value is -1.68. The van der Waals surface area contributed by atoms with Crippen LogP contribution in [0.3, 0.4) is 0 Å². The van der Waals surface area contributed by atoms with Gasteiger partial charge in [0.25, 0.3) is 0 Å². The number of halogens is 1. The summed E-state index contributed by atoms with van der Waals surface area (Å²) in [5.41, 5.74) is -0.796. The average molecular weight is 238 g/mol. The van der Waals surface area contributed by atoms with E-state index in [0.717, 1.165) is 0 Å². The summed E-state index contributed by atoms with van der Waals surface area (Å²) < 4.78 is 17.3. The van der Waals surface area contributed by atoms with Crippen LogP contribution in [-0.2, 0) is 9.53 Å². The van der Waals surface area contributed by atoms with Crippen LogP contribution in [-0.4, -0.2) is 23.8 Å². The van der Waals surface area contributed by atoms with Gasteiger partial charge < -0.3 is 9.84 Å². The first-order valence-electron chi connectivity index (χ1n) is 5.17. The maximum Gasteiger partial charge on any atom is 0.342 e. The van der Waals surface area contributed by atoms with Crippen molar-refractivity contribution in [3.05, 3.63) is 41.7 Å². The second kappa shape index (κ2) is 5.10. The van der Waals surface area contributed by atoms with Gasteiger partial charge in [0.15, 0.2) is 5.60 Å². The SMILES string of the molecule is CC=C(c1ccc(F)cc1)C(C)(O)C(=O)OC. The molecule has 0 bridgehead atoms. The molecule has 1 aromatic carbocycles. The molecule has 1 aromatic rings. The Balaban J connectivity index is 3.17. The lowest BCUT2D eigenvalue weighted by atomic mass is 9.89. The van der Waals surface area contributed by atoms with E-state index in [1.165, 1.54) is 38.3 Å². The van der Waals surface area contributed by atoms with E-state index in [1.807, 2.05) is 0 Å². The molecule has 0 radical (unpaired) electrons. The Bertz CT molecular complexity index is 432. The van der Waals surface area contributed by atoms with Crippen molar-refractivity contribution >= 4 is 11.5 Å². The van der Waals surface area contributed by atoms with E-state index >= 15 is 0 Å². The van der Waals surface area contributed by atoms with E-state index in [0.29, 0.717) is 11.1 Å². The number of rotatable bonds is 3. The van der Waals surface area contributed by atoms with Gasteiger partial charge in [-0.25, -0.2) is 9.18 Å². The standard InChI is InChI=1S/C13H15FO3/c1-4-11(13(2,16)12(15)17-3)9-5-7-10(14)8-6-9/h4-8,16H,1-3H3. The molecule has 92 valence electrons. The number of benzene rings is 1. The molecular weight excluding hydrogens is 223 g/mol. The Kier molecular flexibility index (Phi) is 4.02. The zero-order valence-corrected chi connectivity index (χ0v) is 10.0. The minimum Gasteiger partial charge on any atom is -0.467 e. The quantitative estimate of drug-likeness (QED) is 0.821. The molecule has 0 aliphatic carbocycles. The van der Waals surface area contributed by atoms with Crippen LogP contribution in [0.4, 0.5) is 4.39 Å². The summed E-state index contributed by atoms with van der Waals surface area (Å²) in [6.07, 6.45) is 1.60. The molecule has 17 heavy (non-hydrogen) atoms. The second-order valence-corrected chi connectivity index (χ2v) is 3.77. The molecule has 0 amide bonds. The maximum atomic E-state index is 12.8. The Morgan fingerprint density at radius 1 is 1.41 bits per heavy atom. The molecule has 0 aromatic heterocycles. The van der Waals surface area contributed by atoms with Crippen LogP contribution in [0.5, 0.6) is 0 Å². The minimum atomic E-state index is -1.75. The van der Waals surface area contributed by atoms with Crippen LogP contribution in [0.25, 0.3) is 5.57 Å². The number of allylic oxidation sites excluding steroid dienone is 1. The molecule has 0 spiro atoms. The van der Waals surface area contributed by atoms with Crippen molar-refractivity contribution in [1.82, 2.24) is 0 Å². The predicted octanol–water partition coefficient (Wildman–Crippen LogP) is 2.15. The molecule has 1 unspecified atom stereocenters. The molecule has 1 N–H and O–H groups in total. The molecule has 0 aliphatic heterocycles. The smallest absolute Gasteiger partial charge is 0.342 e. The highest BCUT2D eigenvalue weighted by Gasteiger charge is 2.36. The third-order valence-corrected chi connectivity index (χ3v) is 2.55. The summed E-state index contributed by atoms with van der Waals surface area (Å²) in [5, 5.41) is 10.1. The summed E-state index contributed by atoms with van der Waals surface area (Å²) in [6.45, 7) is 3.04. The molecule has 4 heteroatoms. The van der Waals surface area contributed by atoms with E-state index in [1.54, 1.807) is 13.0 Å². The predicted molar refractivity (Wildman–Crippen MR) is 62.7 cm³/mol. The number of methoxy groups -OCH3 is 1. The number of hydrogen-bond donors (Lipinski definition) is 1. The summed E-state index contributed by atoms with van der Waals surface area (Å²) in [5.74, 6) is -1.13. The van der Waals surface area contributed by atoms with Crippen molar-refractivity contribution in [1.29, 1.82) is 0 Å². The normalized spacial score (nSPS) is 15.2. The molecule has 1 atom stereocenters.